The second-order valence-electron chi connectivity index (χ2n) is 6.79. The molecular weight excluding hydrogens is 314 g/mol. The predicted molar refractivity (Wildman–Crippen MR) is 97.5 cm³/mol. The Labute approximate surface area is 146 Å². The fraction of sp³-hybridized carbons (Fsp3) is 0.250. The Kier molecular flexibility index (Phi) is 3.64. The molecule has 4 rings (SSSR count). The molecule has 3 aromatic rings. The lowest BCUT2D eigenvalue weighted by Crippen LogP contribution is -2.32. The van der Waals surface area contributed by atoms with Crippen LogP contribution in [0, 0.1) is 5.41 Å². The van der Waals surface area contributed by atoms with Crippen LogP contribution in [-0.4, -0.2) is 34.1 Å². The molecule has 1 N–H and O–H groups in total. The fourth-order valence-electron chi connectivity index (χ4n) is 3.33. The van der Waals surface area contributed by atoms with Gasteiger partial charge < -0.3 is 10.0 Å². The molecule has 0 aliphatic carbocycles. The van der Waals surface area contributed by atoms with Crippen molar-refractivity contribution in [2.45, 2.75) is 13.3 Å². The molecule has 0 spiro atoms. The largest absolute Gasteiger partial charge is 0.481 e. The summed E-state index contributed by atoms with van der Waals surface area (Å²) in [7, 11) is 0. The van der Waals surface area contributed by atoms with E-state index in [1.807, 2.05) is 59.5 Å². The highest BCUT2D eigenvalue weighted by Crippen LogP contribution is 2.34. The predicted octanol–water partition coefficient (Wildman–Crippen LogP) is 3.60. The molecule has 1 unspecified atom stereocenters. The summed E-state index contributed by atoms with van der Waals surface area (Å²) in [5.41, 5.74) is 2.03. The average Bonchev–Trinajstić information content (AvgIpc) is 3.05. The van der Waals surface area contributed by atoms with E-state index in [9.17, 15) is 9.90 Å². The van der Waals surface area contributed by atoms with E-state index in [0.717, 1.165) is 22.2 Å². The van der Waals surface area contributed by atoms with Gasteiger partial charge >= 0.3 is 5.97 Å². The molecule has 1 atom stereocenters. The number of hydrogen-bond donors (Lipinski definition) is 1. The van der Waals surface area contributed by atoms with Crippen LogP contribution < -0.4 is 4.90 Å². The summed E-state index contributed by atoms with van der Waals surface area (Å²) in [6, 6.07) is 18.0. The second-order valence-corrected chi connectivity index (χ2v) is 6.79. The van der Waals surface area contributed by atoms with E-state index in [2.05, 4.69) is 0 Å². The van der Waals surface area contributed by atoms with Gasteiger partial charge in [0.05, 0.1) is 16.6 Å². The molecule has 1 saturated heterocycles. The van der Waals surface area contributed by atoms with Crippen molar-refractivity contribution < 1.29 is 9.90 Å². The van der Waals surface area contributed by atoms with Crippen LogP contribution in [0.1, 0.15) is 13.3 Å². The molecule has 0 radical (unpaired) electrons. The smallest absolute Gasteiger partial charge is 0.311 e. The molecular formula is C20H19N3O2. The lowest BCUT2D eigenvalue weighted by Gasteiger charge is -2.21. The van der Waals surface area contributed by atoms with Gasteiger partial charge in [0.1, 0.15) is 0 Å². The Morgan fingerprint density at radius 1 is 1.08 bits per heavy atom. The van der Waals surface area contributed by atoms with E-state index >= 15 is 0 Å². The topological polar surface area (TPSA) is 66.3 Å². The molecule has 0 bridgehead atoms. The average molecular weight is 333 g/mol. The lowest BCUT2D eigenvalue weighted by atomic mass is 9.90. The highest BCUT2D eigenvalue weighted by Gasteiger charge is 2.41. The van der Waals surface area contributed by atoms with Gasteiger partial charge in [-0.25, -0.2) is 9.97 Å². The van der Waals surface area contributed by atoms with Crippen LogP contribution in [-0.2, 0) is 4.79 Å². The van der Waals surface area contributed by atoms with Crippen LogP contribution in [0.3, 0.4) is 0 Å². The zero-order valence-corrected chi connectivity index (χ0v) is 14.0. The SMILES string of the molecule is CC1(C(=O)O)CCN(c2nc(-c3ccccc3)c3ccccc3n2)C1. The first kappa shape index (κ1) is 15.6. The minimum absolute atomic E-state index is 0.425. The van der Waals surface area contributed by atoms with Crippen LogP contribution in [0.5, 0.6) is 0 Å². The number of para-hydroxylation sites is 1. The molecule has 5 heteroatoms. The van der Waals surface area contributed by atoms with E-state index in [0.29, 0.717) is 25.5 Å². The summed E-state index contributed by atoms with van der Waals surface area (Å²) < 4.78 is 0. The summed E-state index contributed by atoms with van der Waals surface area (Å²) in [6.07, 6.45) is 0.596. The zero-order valence-electron chi connectivity index (χ0n) is 14.0. The molecule has 1 aliphatic heterocycles. The van der Waals surface area contributed by atoms with Crippen molar-refractivity contribution in [3.8, 4) is 11.3 Å². The highest BCUT2D eigenvalue weighted by atomic mass is 16.4. The number of rotatable bonds is 3. The third-order valence-electron chi connectivity index (χ3n) is 4.91. The molecule has 1 aromatic heterocycles. The van der Waals surface area contributed by atoms with Crippen LogP contribution >= 0.6 is 0 Å². The lowest BCUT2D eigenvalue weighted by molar-refractivity contribution is -0.146. The van der Waals surface area contributed by atoms with Crippen molar-refractivity contribution >= 4 is 22.8 Å². The minimum atomic E-state index is -0.765. The van der Waals surface area contributed by atoms with Crippen molar-refractivity contribution in [3.05, 3.63) is 54.6 Å². The van der Waals surface area contributed by atoms with Crippen LogP contribution in [0.25, 0.3) is 22.2 Å². The van der Waals surface area contributed by atoms with Gasteiger partial charge in [-0.05, 0) is 19.4 Å². The maximum atomic E-state index is 11.5. The van der Waals surface area contributed by atoms with Gasteiger partial charge in [0.15, 0.2) is 0 Å². The summed E-state index contributed by atoms with van der Waals surface area (Å²) >= 11 is 0. The summed E-state index contributed by atoms with van der Waals surface area (Å²) in [5.74, 6) is -0.165. The van der Waals surface area contributed by atoms with E-state index < -0.39 is 11.4 Å². The maximum Gasteiger partial charge on any atom is 0.311 e. The van der Waals surface area contributed by atoms with Crippen LogP contribution in [0.2, 0.25) is 0 Å². The van der Waals surface area contributed by atoms with Crippen molar-refractivity contribution in [2.24, 2.45) is 5.41 Å². The number of aromatic nitrogens is 2. The van der Waals surface area contributed by atoms with Gasteiger partial charge in [0.2, 0.25) is 5.95 Å². The summed E-state index contributed by atoms with van der Waals surface area (Å²) in [5, 5.41) is 10.5. The number of benzene rings is 2. The Hall–Kier alpha value is -2.95. The molecule has 25 heavy (non-hydrogen) atoms. The van der Waals surface area contributed by atoms with Crippen molar-refractivity contribution in [3.63, 3.8) is 0 Å². The van der Waals surface area contributed by atoms with Gasteiger partial charge in [-0.15, -0.1) is 0 Å². The van der Waals surface area contributed by atoms with E-state index in [1.165, 1.54) is 0 Å². The summed E-state index contributed by atoms with van der Waals surface area (Å²) in [6.45, 7) is 2.86. The van der Waals surface area contributed by atoms with Gasteiger partial charge in [-0.2, -0.15) is 0 Å². The van der Waals surface area contributed by atoms with Gasteiger partial charge in [0.25, 0.3) is 0 Å². The number of nitrogens with zero attached hydrogens (tertiary/aromatic N) is 3. The third kappa shape index (κ3) is 2.71. The van der Waals surface area contributed by atoms with Gasteiger partial charge in [-0.1, -0.05) is 48.5 Å². The molecule has 1 aliphatic rings. The number of carbonyl (C=O) groups is 1. The number of fused-ring (bicyclic) bond motifs is 1. The maximum absolute atomic E-state index is 11.5. The first-order valence-electron chi connectivity index (χ1n) is 8.37. The number of anilines is 1. The number of hydrogen-bond acceptors (Lipinski definition) is 4. The van der Waals surface area contributed by atoms with E-state index in [1.54, 1.807) is 6.92 Å². The Bertz CT molecular complexity index is 942. The first-order valence-corrected chi connectivity index (χ1v) is 8.37. The van der Waals surface area contributed by atoms with Gasteiger partial charge in [0, 0.05) is 24.0 Å². The zero-order chi connectivity index (χ0) is 17.4. The fourth-order valence-corrected chi connectivity index (χ4v) is 3.33. The number of carboxylic acid groups (broad SMARTS) is 1. The summed E-state index contributed by atoms with van der Waals surface area (Å²) in [4.78, 5) is 23.0. The van der Waals surface area contributed by atoms with Crippen molar-refractivity contribution in [1.29, 1.82) is 0 Å². The molecule has 0 amide bonds. The van der Waals surface area contributed by atoms with Crippen molar-refractivity contribution in [2.75, 3.05) is 18.0 Å². The van der Waals surface area contributed by atoms with Crippen LogP contribution in [0.4, 0.5) is 5.95 Å². The quantitative estimate of drug-likeness (QED) is 0.793. The Balaban J connectivity index is 1.83. The molecule has 5 nitrogen and oxygen atoms in total. The van der Waals surface area contributed by atoms with E-state index in [-0.39, 0.29) is 0 Å². The first-order chi connectivity index (χ1) is 12.1. The third-order valence-corrected chi connectivity index (χ3v) is 4.91. The second kappa shape index (κ2) is 5.84. The minimum Gasteiger partial charge on any atom is -0.481 e. The van der Waals surface area contributed by atoms with Gasteiger partial charge in [-0.3, -0.25) is 4.79 Å². The molecule has 2 aromatic carbocycles. The Morgan fingerprint density at radius 2 is 1.80 bits per heavy atom. The number of carboxylic acids is 1. The molecule has 0 saturated carbocycles. The number of aliphatic carboxylic acids is 1. The molecule has 126 valence electrons. The monoisotopic (exact) mass is 333 g/mol. The van der Waals surface area contributed by atoms with E-state index in [4.69, 9.17) is 9.97 Å². The Morgan fingerprint density at radius 3 is 2.52 bits per heavy atom. The molecule has 1 fully saturated rings. The molecule has 2 heterocycles. The van der Waals surface area contributed by atoms with Crippen molar-refractivity contribution in [1.82, 2.24) is 9.97 Å². The van der Waals surface area contributed by atoms with Crippen LogP contribution in [0.15, 0.2) is 54.6 Å². The standard InChI is InChI=1S/C20H19N3O2/c1-20(18(24)25)11-12-23(13-20)19-21-16-10-6-5-9-15(16)17(22-19)14-7-3-2-4-8-14/h2-10H,11-13H2,1H3,(H,24,25). The normalized spacial score (nSPS) is 20.1. The highest BCUT2D eigenvalue weighted by molar-refractivity contribution is 5.93.